The number of benzene rings is 2. The van der Waals surface area contributed by atoms with Crippen LogP contribution in [0, 0.1) is 6.92 Å². The highest BCUT2D eigenvalue weighted by atomic mass is 16.4. The van der Waals surface area contributed by atoms with E-state index in [1.165, 1.54) is 16.7 Å². The fourth-order valence-electron chi connectivity index (χ4n) is 3.10. The first-order valence-electron chi connectivity index (χ1n) is 7.13. The minimum absolute atomic E-state index is 0.512. The van der Waals surface area contributed by atoms with Crippen molar-refractivity contribution in [2.75, 3.05) is 0 Å². The summed E-state index contributed by atoms with van der Waals surface area (Å²) in [4.78, 5) is 0. The largest absolute Gasteiger partial charge is 0.411 e. The molecule has 0 fully saturated rings. The summed E-state index contributed by atoms with van der Waals surface area (Å²) in [5, 5.41) is 12.6. The zero-order valence-corrected chi connectivity index (χ0v) is 11.7. The van der Waals surface area contributed by atoms with E-state index in [-0.39, 0.29) is 0 Å². The molecule has 1 aliphatic rings. The van der Waals surface area contributed by atoms with Crippen LogP contribution in [-0.4, -0.2) is 10.9 Å². The van der Waals surface area contributed by atoms with E-state index in [0.29, 0.717) is 5.92 Å². The van der Waals surface area contributed by atoms with Gasteiger partial charge in [-0.3, -0.25) is 0 Å². The Balaban J connectivity index is 1.96. The summed E-state index contributed by atoms with van der Waals surface area (Å²) in [6, 6.07) is 17.0. The predicted octanol–water partition coefficient (Wildman–Crippen LogP) is 4.29. The van der Waals surface area contributed by atoms with Gasteiger partial charge in [-0.25, -0.2) is 0 Å². The van der Waals surface area contributed by atoms with Crippen molar-refractivity contribution in [3.8, 4) is 0 Å². The maximum atomic E-state index is 9.17. The van der Waals surface area contributed by atoms with Crippen LogP contribution in [0.2, 0.25) is 0 Å². The number of aryl methyl sites for hydroxylation is 1. The van der Waals surface area contributed by atoms with Gasteiger partial charge in [-0.15, -0.1) is 0 Å². The standard InChI is InChI=1S/C18H19NO/c1-13-7-9-16-17(11-13)15(8-10-18(16)19-20)12-14-5-3-2-4-6-14/h2-7,9,11,15,20H,8,10,12H2,1H3/b19-18-. The third-order valence-corrected chi connectivity index (χ3v) is 4.13. The van der Waals surface area contributed by atoms with Crippen molar-refractivity contribution >= 4 is 5.71 Å². The number of oxime groups is 1. The molecule has 102 valence electrons. The van der Waals surface area contributed by atoms with Gasteiger partial charge in [0.05, 0.1) is 5.71 Å². The van der Waals surface area contributed by atoms with Gasteiger partial charge in [-0.05, 0) is 43.2 Å². The Morgan fingerprint density at radius 1 is 1.15 bits per heavy atom. The second-order valence-electron chi connectivity index (χ2n) is 5.56. The molecule has 0 aliphatic heterocycles. The first kappa shape index (κ1) is 12.9. The van der Waals surface area contributed by atoms with E-state index in [2.05, 4.69) is 60.6 Å². The third kappa shape index (κ3) is 2.46. The Hall–Kier alpha value is -2.09. The second kappa shape index (κ2) is 5.49. The molecule has 1 atom stereocenters. The van der Waals surface area contributed by atoms with Gasteiger partial charge in [0.25, 0.3) is 0 Å². The van der Waals surface area contributed by atoms with Crippen molar-refractivity contribution in [1.29, 1.82) is 0 Å². The Morgan fingerprint density at radius 3 is 2.70 bits per heavy atom. The number of fused-ring (bicyclic) bond motifs is 1. The minimum Gasteiger partial charge on any atom is -0.411 e. The molecule has 0 amide bonds. The number of rotatable bonds is 2. The molecule has 0 aromatic heterocycles. The van der Waals surface area contributed by atoms with Crippen molar-refractivity contribution in [1.82, 2.24) is 0 Å². The number of hydrogen-bond donors (Lipinski definition) is 1. The normalized spacial score (nSPS) is 19.9. The molecule has 0 heterocycles. The molecule has 2 aromatic rings. The smallest absolute Gasteiger partial charge is 0.0870 e. The molecule has 2 aromatic carbocycles. The molecule has 0 saturated heterocycles. The predicted molar refractivity (Wildman–Crippen MR) is 81.6 cm³/mol. The number of hydrogen-bond acceptors (Lipinski definition) is 2. The number of nitrogens with zero attached hydrogens (tertiary/aromatic N) is 1. The highest BCUT2D eigenvalue weighted by Gasteiger charge is 2.24. The molecule has 1 aliphatic carbocycles. The minimum atomic E-state index is 0.512. The van der Waals surface area contributed by atoms with Crippen LogP contribution in [0.3, 0.4) is 0 Å². The SMILES string of the molecule is Cc1ccc2c(c1)C(Cc1ccccc1)CC/C2=N/O. The van der Waals surface area contributed by atoms with Crippen LogP contribution in [0.15, 0.2) is 53.7 Å². The zero-order chi connectivity index (χ0) is 13.9. The molecule has 2 nitrogen and oxygen atoms in total. The lowest BCUT2D eigenvalue weighted by atomic mass is 9.78. The van der Waals surface area contributed by atoms with Gasteiger partial charge in [-0.1, -0.05) is 59.3 Å². The van der Waals surface area contributed by atoms with Crippen LogP contribution in [-0.2, 0) is 6.42 Å². The van der Waals surface area contributed by atoms with E-state index in [1.807, 2.05) is 0 Å². The molecule has 1 N–H and O–H groups in total. The fraction of sp³-hybridized carbons (Fsp3) is 0.278. The topological polar surface area (TPSA) is 32.6 Å². The van der Waals surface area contributed by atoms with E-state index in [9.17, 15) is 5.21 Å². The molecule has 1 unspecified atom stereocenters. The molecule has 0 radical (unpaired) electrons. The van der Waals surface area contributed by atoms with Gasteiger partial charge in [0.1, 0.15) is 0 Å². The van der Waals surface area contributed by atoms with E-state index in [1.54, 1.807) is 0 Å². The summed E-state index contributed by atoms with van der Waals surface area (Å²) in [6.45, 7) is 2.12. The first-order valence-corrected chi connectivity index (χ1v) is 7.13. The zero-order valence-electron chi connectivity index (χ0n) is 11.7. The fourth-order valence-corrected chi connectivity index (χ4v) is 3.10. The van der Waals surface area contributed by atoms with Crippen LogP contribution < -0.4 is 0 Å². The average molecular weight is 265 g/mol. The van der Waals surface area contributed by atoms with Crippen LogP contribution >= 0.6 is 0 Å². The second-order valence-corrected chi connectivity index (χ2v) is 5.56. The lowest BCUT2D eigenvalue weighted by Gasteiger charge is -2.26. The van der Waals surface area contributed by atoms with Crippen LogP contribution in [0.5, 0.6) is 0 Å². The van der Waals surface area contributed by atoms with Crippen LogP contribution in [0.1, 0.15) is 41.0 Å². The first-order chi connectivity index (χ1) is 9.78. The molecular weight excluding hydrogens is 246 g/mol. The quantitative estimate of drug-likeness (QED) is 0.637. The lowest BCUT2D eigenvalue weighted by Crippen LogP contribution is -2.18. The van der Waals surface area contributed by atoms with Crippen molar-refractivity contribution in [2.45, 2.75) is 32.1 Å². The average Bonchev–Trinajstić information content (AvgIpc) is 2.49. The van der Waals surface area contributed by atoms with Gasteiger partial charge in [0.2, 0.25) is 0 Å². The molecule has 2 heteroatoms. The molecule has 0 bridgehead atoms. The van der Waals surface area contributed by atoms with Gasteiger partial charge < -0.3 is 5.21 Å². The van der Waals surface area contributed by atoms with Gasteiger partial charge in [0, 0.05) is 5.56 Å². The Labute approximate surface area is 119 Å². The summed E-state index contributed by atoms with van der Waals surface area (Å²) >= 11 is 0. The monoisotopic (exact) mass is 265 g/mol. The van der Waals surface area contributed by atoms with E-state index < -0.39 is 0 Å². The lowest BCUT2D eigenvalue weighted by molar-refractivity contribution is 0.317. The highest BCUT2D eigenvalue weighted by molar-refractivity contribution is 6.02. The van der Waals surface area contributed by atoms with Crippen molar-refractivity contribution in [3.63, 3.8) is 0 Å². The van der Waals surface area contributed by atoms with Gasteiger partial charge in [-0.2, -0.15) is 0 Å². The summed E-state index contributed by atoms with van der Waals surface area (Å²) < 4.78 is 0. The van der Waals surface area contributed by atoms with Gasteiger partial charge >= 0.3 is 0 Å². The van der Waals surface area contributed by atoms with Crippen molar-refractivity contribution in [3.05, 3.63) is 70.8 Å². The highest BCUT2D eigenvalue weighted by Crippen LogP contribution is 2.35. The maximum absolute atomic E-state index is 9.17. The molecule has 0 spiro atoms. The molecule has 0 saturated carbocycles. The third-order valence-electron chi connectivity index (χ3n) is 4.13. The van der Waals surface area contributed by atoms with Crippen LogP contribution in [0.25, 0.3) is 0 Å². The summed E-state index contributed by atoms with van der Waals surface area (Å²) in [5.74, 6) is 0.512. The molecular formula is C18H19NO. The molecule has 20 heavy (non-hydrogen) atoms. The van der Waals surface area contributed by atoms with Gasteiger partial charge in [0.15, 0.2) is 0 Å². The summed E-state index contributed by atoms with van der Waals surface area (Å²) in [7, 11) is 0. The summed E-state index contributed by atoms with van der Waals surface area (Å²) in [6.07, 6.45) is 2.95. The Kier molecular flexibility index (Phi) is 3.55. The van der Waals surface area contributed by atoms with Crippen molar-refractivity contribution < 1.29 is 5.21 Å². The van der Waals surface area contributed by atoms with Crippen molar-refractivity contribution in [2.24, 2.45) is 5.16 Å². The van der Waals surface area contributed by atoms with E-state index >= 15 is 0 Å². The maximum Gasteiger partial charge on any atom is 0.0870 e. The molecule has 3 rings (SSSR count). The van der Waals surface area contributed by atoms with Crippen LogP contribution in [0.4, 0.5) is 0 Å². The Bertz CT molecular complexity index is 631. The Morgan fingerprint density at radius 2 is 1.95 bits per heavy atom. The summed E-state index contributed by atoms with van der Waals surface area (Å²) in [5.41, 5.74) is 5.90. The van der Waals surface area contributed by atoms with E-state index in [0.717, 1.165) is 30.5 Å². The van der Waals surface area contributed by atoms with E-state index in [4.69, 9.17) is 0 Å².